The van der Waals surface area contributed by atoms with Crippen molar-refractivity contribution in [2.24, 2.45) is 5.92 Å². The van der Waals surface area contributed by atoms with Gasteiger partial charge in [-0.15, -0.1) is 0 Å². The van der Waals surface area contributed by atoms with Crippen LogP contribution in [0.3, 0.4) is 0 Å². The van der Waals surface area contributed by atoms with Crippen LogP contribution in [0.25, 0.3) is 0 Å². The molecular weight excluding hydrogens is 408 g/mol. The lowest BCUT2D eigenvalue weighted by Gasteiger charge is -2.23. The Hall–Kier alpha value is -3.35. The van der Waals surface area contributed by atoms with Crippen molar-refractivity contribution in [3.8, 4) is 5.75 Å². The summed E-state index contributed by atoms with van der Waals surface area (Å²) in [5, 5.41) is 5.53. The first-order valence-corrected chi connectivity index (χ1v) is 10.7. The van der Waals surface area contributed by atoms with Crippen molar-refractivity contribution < 1.29 is 23.9 Å². The van der Waals surface area contributed by atoms with Gasteiger partial charge < -0.3 is 20.1 Å². The van der Waals surface area contributed by atoms with Crippen LogP contribution in [0.5, 0.6) is 5.75 Å². The molecule has 0 saturated carbocycles. The van der Waals surface area contributed by atoms with E-state index in [0.717, 1.165) is 11.1 Å². The molecule has 172 valence electrons. The molecule has 0 unspecified atom stereocenters. The number of aryl methyl sites for hydroxylation is 2. The maximum Gasteiger partial charge on any atom is 0.329 e. The summed E-state index contributed by atoms with van der Waals surface area (Å²) in [4.78, 5) is 38.0. The number of carbonyl (C=O) groups excluding carboxylic acids is 3. The van der Waals surface area contributed by atoms with Crippen molar-refractivity contribution in [3.05, 3.63) is 59.2 Å². The Labute approximate surface area is 189 Å². The van der Waals surface area contributed by atoms with Gasteiger partial charge in [-0.2, -0.15) is 0 Å². The van der Waals surface area contributed by atoms with Gasteiger partial charge in [0.2, 0.25) is 0 Å². The van der Waals surface area contributed by atoms with Crippen LogP contribution in [0.1, 0.15) is 49.2 Å². The Morgan fingerprint density at radius 3 is 2.06 bits per heavy atom. The number of nitrogens with one attached hydrogen (secondary N) is 2. The predicted molar refractivity (Wildman–Crippen MR) is 124 cm³/mol. The van der Waals surface area contributed by atoms with E-state index >= 15 is 0 Å². The van der Waals surface area contributed by atoms with Crippen molar-refractivity contribution in [2.45, 2.75) is 53.7 Å². The Balaban J connectivity index is 2.02. The average Bonchev–Trinajstić information content (AvgIpc) is 2.74. The van der Waals surface area contributed by atoms with Crippen molar-refractivity contribution in [1.82, 2.24) is 5.32 Å². The third-order valence-electron chi connectivity index (χ3n) is 5.03. The van der Waals surface area contributed by atoms with Crippen LogP contribution < -0.4 is 15.4 Å². The van der Waals surface area contributed by atoms with E-state index in [1.54, 1.807) is 38.1 Å². The molecule has 2 amide bonds. The summed E-state index contributed by atoms with van der Waals surface area (Å²) in [5.41, 5.74) is 2.93. The van der Waals surface area contributed by atoms with Crippen molar-refractivity contribution in [3.63, 3.8) is 0 Å². The number of carbonyl (C=O) groups is 3. The van der Waals surface area contributed by atoms with Crippen LogP contribution in [-0.2, 0) is 14.3 Å². The first-order valence-electron chi connectivity index (χ1n) is 10.7. The number of rotatable bonds is 9. The maximum atomic E-state index is 12.8. The van der Waals surface area contributed by atoms with E-state index in [2.05, 4.69) is 10.6 Å². The molecule has 2 aromatic rings. The Bertz CT molecular complexity index is 933. The summed E-state index contributed by atoms with van der Waals surface area (Å²) in [5.74, 6) is -1.08. The predicted octanol–water partition coefficient (Wildman–Crippen LogP) is 4.03. The van der Waals surface area contributed by atoms with Gasteiger partial charge in [-0.1, -0.05) is 32.0 Å². The van der Waals surface area contributed by atoms with Crippen molar-refractivity contribution >= 4 is 23.5 Å². The van der Waals surface area contributed by atoms with E-state index in [-0.39, 0.29) is 5.92 Å². The zero-order valence-electron chi connectivity index (χ0n) is 19.5. The summed E-state index contributed by atoms with van der Waals surface area (Å²) in [7, 11) is 0. The molecule has 0 saturated heterocycles. The first-order chi connectivity index (χ1) is 15.1. The fraction of sp³-hybridized carbons (Fsp3) is 0.400. The molecule has 0 spiro atoms. The molecule has 0 radical (unpaired) electrons. The lowest BCUT2D eigenvalue weighted by molar-refractivity contribution is -0.156. The quantitative estimate of drug-likeness (QED) is 0.574. The second-order valence-corrected chi connectivity index (χ2v) is 7.99. The van der Waals surface area contributed by atoms with E-state index in [1.807, 2.05) is 39.0 Å². The van der Waals surface area contributed by atoms with Gasteiger partial charge in [0.1, 0.15) is 11.8 Å². The van der Waals surface area contributed by atoms with E-state index in [4.69, 9.17) is 9.47 Å². The monoisotopic (exact) mass is 440 g/mol. The van der Waals surface area contributed by atoms with E-state index in [1.165, 1.54) is 6.92 Å². The molecule has 0 aliphatic carbocycles. The third-order valence-corrected chi connectivity index (χ3v) is 5.03. The molecule has 2 atom stereocenters. The number of para-hydroxylation sites is 1. The van der Waals surface area contributed by atoms with Crippen LogP contribution in [0.4, 0.5) is 5.69 Å². The summed E-state index contributed by atoms with van der Waals surface area (Å²) >= 11 is 0. The number of esters is 1. The van der Waals surface area contributed by atoms with E-state index < -0.39 is 29.9 Å². The normalized spacial score (nSPS) is 12.6. The topological polar surface area (TPSA) is 93.7 Å². The molecule has 7 heteroatoms. The Morgan fingerprint density at radius 2 is 1.53 bits per heavy atom. The summed E-state index contributed by atoms with van der Waals surface area (Å²) in [6.07, 6.45) is -1.02. The van der Waals surface area contributed by atoms with Gasteiger partial charge in [0.05, 0.1) is 6.61 Å². The third kappa shape index (κ3) is 6.57. The number of amides is 2. The fourth-order valence-corrected chi connectivity index (χ4v) is 3.13. The van der Waals surface area contributed by atoms with Crippen molar-refractivity contribution in [1.29, 1.82) is 0 Å². The zero-order chi connectivity index (χ0) is 23.8. The van der Waals surface area contributed by atoms with Gasteiger partial charge in [0.25, 0.3) is 11.8 Å². The van der Waals surface area contributed by atoms with Crippen molar-refractivity contribution in [2.75, 3.05) is 11.9 Å². The molecule has 7 nitrogen and oxygen atoms in total. The van der Waals surface area contributed by atoms with Crippen LogP contribution >= 0.6 is 0 Å². The fourth-order valence-electron chi connectivity index (χ4n) is 3.13. The minimum Gasteiger partial charge on any atom is -0.494 e. The number of anilines is 1. The molecular formula is C25H32N2O5. The van der Waals surface area contributed by atoms with Gasteiger partial charge in [-0.25, -0.2) is 4.79 Å². The first kappa shape index (κ1) is 24.9. The molecule has 0 fully saturated rings. The van der Waals surface area contributed by atoms with Gasteiger partial charge >= 0.3 is 5.97 Å². The van der Waals surface area contributed by atoms with Crippen LogP contribution in [0.15, 0.2) is 42.5 Å². The van der Waals surface area contributed by atoms with Gasteiger partial charge in [-0.05, 0) is 69.0 Å². The molecule has 2 rings (SSSR count). The molecule has 0 heterocycles. The molecule has 0 bridgehead atoms. The molecule has 0 aromatic heterocycles. The number of hydrogen-bond donors (Lipinski definition) is 2. The van der Waals surface area contributed by atoms with E-state index in [9.17, 15) is 14.4 Å². The highest BCUT2D eigenvalue weighted by Gasteiger charge is 2.29. The molecule has 2 aromatic carbocycles. The second kappa shape index (κ2) is 11.3. The van der Waals surface area contributed by atoms with Crippen LogP contribution in [0.2, 0.25) is 0 Å². The SMILES string of the molecule is CCOc1ccc(C(=O)N[C@@H](C(=O)O[C@H](C)C(=O)Nc2c(C)cccc2C)C(C)C)cc1. The molecule has 0 aliphatic heterocycles. The minimum atomic E-state index is -1.02. The lowest BCUT2D eigenvalue weighted by Crippen LogP contribution is -2.47. The summed E-state index contributed by atoms with van der Waals surface area (Å²) < 4.78 is 10.8. The number of benzene rings is 2. The highest BCUT2D eigenvalue weighted by molar-refractivity contribution is 5.98. The highest BCUT2D eigenvalue weighted by atomic mass is 16.5. The number of hydrogen-bond acceptors (Lipinski definition) is 5. The average molecular weight is 441 g/mol. The van der Waals surface area contributed by atoms with E-state index in [0.29, 0.717) is 23.6 Å². The molecule has 2 N–H and O–H groups in total. The second-order valence-electron chi connectivity index (χ2n) is 7.99. The highest BCUT2D eigenvalue weighted by Crippen LogP contribution is 2.20. The van der Waals surface area contributed by atoms with Crippen LogP contribution in [-0.4, -0.2) is 36.5 Å². The van der Waals surface area contributed by atoms with Gasteiger partial charge in [0, 0.05) is 11.3 Å². The minimum absolute atomic E-state index is 0.233. The maximum absolute atomic E-state index is 12.8. The van der Waals surface area contributed by atoms with Gasteiger partial charge in [-0.3, -0.25) is 9.59 Å². The Morgan fingerprint density at radius 1 is 0.938 bits per heavy atom. The molecule has 0 aliphatic rings. The van der Waals surface area contributed by atoms with Gasteiger partial charge in [0.15, 0.2) is 6.10 Å². The zero-order valence-corrected chi connectivity index (χ0v) is 19.5. The summed E-state index contributed by atoms with van der Waals surface area (Å²) in [6.45, 7) is 11.3. The Kier molecular flexibility index (Phi) is 8.81. The summed E-state index contributed by atoms with van der Waals surface area (Å²) in [6, 6.07) is 11.4. The van der Waals surface area contributed by atoms with Crippen LogP contribution in [0, 0.1) is 19.8 Å². The standard InChI is InChI=1S/C25H32N2O5/c1-7-31-20-13-11-19(12-14-20)24(29)26-21(15(2)3)25(30)32-18(6)23(28)27-22-16(4)9-8-10-17(22)5/h8-15,18,21H,7H2,1-6H3,(H,26,29)(H,27,28)/t18-,21-/m1/s1. The lowest BCUT2D eigenvalue weighted by atomic mass is 10.0. The number of ether oxygens (including phenoxy) is 2. The largest absolute Gasteiger partial charge is 0.494 e. The molecule has 32 heavy (non-hydrogen) atoms. The smallest absolute Gasteiger partial charge is 0.329 e.